The molecule has 108 valence electrons. The van der Waals surface area contributed by atoms with Crippen molar-refractivity contribution in [2.75, 3.05) is 6.54 Å². The molecule has 1 atom stereocenters. The van der Waals surface area contributed by atoms with Gasteiger partial charge in [-0.3, -0.25) is 0 Å². The first-order chi connectivity index (χ1) is 9.01. The Bertz CT molecular complexity index is 377. The van der Waals surface area contributed by atoms with Gasteiger partial charge in [0.05, 0.1) is 6.10 Å². The standard InChI is InChI=1S/C16H28N2O/c1-6-7-17-11-15-9-13(4)18-16(10-15)19-14(5)8-12(2)3/h9-10,12,14,17H,6-8,11H2,1-5H3. The molecule has 0 radical (unpaired) electrons. The van der Waals surface area contributed by atoms with E-state index in [0.717, 1.165) is 37.5 Å². The molecule has 1 aromatic heterocycles. The molecule has 0 spiro atoms. The smallest absolute Gasteiger partial charge is 0.214 e. The molecule has 1 rings (SSSR count). The Morgan fingerprint density at radius 3 is 2.63 bits per heavy atom. The minimum atomic E-state index is 0.214. The third-order valence-corrected chi connectivity index (χ3v) is 2.87. The Hall–Kier alpha value is -1.09. The van der Waals surface area contributed by atoms with Crippen LogP contribution in [-0.2, 0) is 6.54 Å². The van der Waals surface area contributed by atoms with Crippen molar-refractivity contribution < 1.29 is 4.74 Å². The predicted molar refractivity (Wildman–Crippen MR) is 80.5 cm³/mol. The van der Waals surface area contributed by atoms with E-state index in [0.29, 0.717) is 5.92 Å². The van der Waals surface area contributed by atoms with Crippen molar-refractivity contribution in [3.8, 4) is 5.88 Å². The number of hydrogen-bond acceptors (Lipinski definition) is 3. The van der Waals surface area contributed by atoms with Crippen LogP contribution >= 0.6 is 0 Å². The molecule has 0 saturated heterocycles. The van der Waals surface area contributed by atoms with Crippen molar-refractivity contribution in [3.63, 3.8) is 0 Å². The lowest BCUT2D eigenvalue weighted by Crippen LogP contribution is -2.17. The summed E-state index contributed by atoms with van der Waals surface area (Å²) in [5.74, 6) is 1.40. The van der Waals surface area contributed by atoms with Gasteiger partial charge in [0.1, 0.15) is 0 Å². The summed E-state index contributed by atoms with van der Waals surface area (Å²) in [6.07, 6.45) is 2.42. The van der Waals surface area contributed by atoms with Crippen LogP contribution in [0.5, 0.6) is 5.88 Å². The number of hydrogen-bond donors (Lipinski definition) is 1. The van der Waals surface area contributed by atoms with Crippen LogP contribution in [0.2, 0.25) is 0 Å². The molecule has 1 N–H and O–H groups in total. The molecule has 19 heavy (non-hydrogen) atoms. The molecule has 0 aliphatic rings. The first-order valence-electron chi connectivity index (χ1n) is 7.36. The van der Waals surface area contributed by atoms with Crippen LogP contribution in [0.4, 0.5) is 0 Å². The second-order valence-electron chi connectivity index (χ2n) is 5.69. The maximum Gasteiger partial charge on any atom is 0.214 e. The zero-order chi connectivity index (χ0) is 14.3. The van der Waals surface area contributed by atoms with Crippen molar-refractivity contribution in [2.45, 2.75) is 60.1 Å². The number of ether oxygens (including phenoxy) is 1. The van der Waals surface area contributed by atoms with Gasteiger partial charge in [-0.2, -0.15) is 0 Å². The van der Waals surface area contributed by atoms with Gasteiger partial charge in [-0.25, -0.2) is 4.98 Å². The van der Waals surface area contributed by atoms with Crippen LogP contribution < -0.4 is 10.1 Å². The van der Waals surface area contributed by atoms with Gasteiger partial charge in [0, 0.05) is 18.3 Å². The monoisotopic (exact) mass is 264 g/mol. The molecular weight excluding hydrogens is 236 g/mol. The molecule has 1 aromatic rings. The number of aryl methyl sites for hydroxylation is 1. The zero-order valence-corrected chi connectivity index (χ0v) is 13.0. The molecular formula is C16H28N2O. The molecule has 0 aliphatic carbocycles. The summed E-state index contributed by atoms with van der Waals surface area (Å²) >= 11 is 0. The van der Waals surface area contributed by atoms with Gasteiger partial charge in [0.25, 0.3) is 0 Å². The van der Waals surface area contributed by atoms with Crippen molar-refractivity contribution in [2.24, 2.45) is 5.92 Å². The Balaban J connectivity index is 2.62. The summed E-state index contributed by atoms with van der Waals surface area (Å²) < 4.78 is 5.91. The van der Waals surface area contributed by atoms with Crippen LogP contribution in [0.3, 0.4) is 0 Å². The second-order valence-corrected chi connectivity index (χ2v) is 5.69. The van der Waals surface area contributed by atoms with Crippen molar-refractivity contribution >= 4 is 0 Å². The van der Waals surface area contributed by atoms with Gasteiger partial charge >= 0.3 is 0 Å². The second kappa shape index (κ2) is 8.16. The van der Waals surface area contributed by atoms with Crippen LogP contribution in [0, 0.1) is 12.8 Å². The lowest BCUT2D eigenvalue weighted by molar-refractivity contribution is 0.185. The molecule has 0 amide bonds. The zero-order valence-electron chi connectivity index (χ0n) is 13.0. The molecule has 3 nitrogen and oxygen atoms in total. The lowest BCUT2D eigenvalue weighted by atomic mass is 10.1. The highest BCUT2D eigenvalue weighted by Gasteiger charge is 2.09. The van der Waals surface area contributed by atoms with E-state index in [-0.39, 0.29) is 6.10 Å². The van der Waals surface area contributed by atoms with Crippen molar-refractivity contribution in [3.05, 3.63) is 23.4 Å². The summed E-state index contributed by atoms with van der Waals surface area (Å²) in [7, 11) is 0. The average Bonchev–Trinajstić information content (AvgIpc) is 2.27. The molecule has 0 aliphatic heterocycles. The first-order valence-corrected chi connectivity index (χ1v) is 7.36. The van der Waals surface area contributed by atoms with Crippen LogP contribution in [0.15, 0.2) is 12.1 Å². The number of rotatable bonds is 8. The maximum atomic E-state index is 5.91. The van der Waals surface area contributed by atoms with E-state index < -0.39 is 0 Å². The number of aromatic nitrogens is 1. The molecule has 3 heteroatoms. The fourth-order valence-corrected chi connectivity index (χ4v) is 2.20. The van der Waals surface area contributed by atoms with E-state index in [2.05, 4.69) is 44.1 Å². The molecule has 0 fully saturated rings. The van der Waals surface area contributed by atoms with Crippen molar-refractivity contribution in [1.82, 2.24) is 10.3 Å². The molecule has 0 saturated carbocycles. The van der Waals surface area contributed by atoms with Gasteiger partial charge in [0.2, 0.25) is 5.88 Å². The minimum Gasteiger partial charge on any atom is -0.475 e. The Labute approximate surface area is 117 Å². The largest absolute Gasteiger partial charge is 0.475 e. The summed E-state index contributed by atoms with van der Waals surface area (Å²) in [4.78, 5) is 4.46. The molecule has 0 bridgehead atoms. The topological polar surface area (TPSA) is 34.2 Å². The molecule has 1 unspecified atom stereocenters. The Morgan fingerprint density at radius 1 is 1.26 bits per heavy atom. The van der Waals surface area contributed by atoms with Gasteiger partial charge in [-0.1, -0.05) is 20.8 Å². The van der Waals surface area contributed by atoms with Crippen LogP contribution in [0.25, 0.3) is 0 Å². The van der Waals surface area contributed by atoms with Crippen LogP contribution in [0.1, 0.15) is 51.8 Å². The number of pyridine rings is 1. The highest BCUT2D eigenvalue weighted by molar-refractivity contribution is 5.24. The van der Waals surface area contributed by atoms with E-state index in [1.165, 1.54) is 5.56 Å². The summed E-state index contributed by atoms with van der Waals surface area (Å²) in [5, 5.41) is 3.41. The SMILES string of the molecule is CCCNCc1cc(C)nc(OC(C)CC(C)C)c1. The van der Waals surface area contributed by atoms with Gasteiger partial charge in [-0.15, -0.1) is 0 Å². The highest BCUT2D eigenvalue weighted by Crippen LogP contribution is 2.16. The third kappa shape index (κ3) is 6.58. The lowest BCUT2D eigenvalue weighted by Gasteiger charge is -2.17. The summed E-state index contributed by atoms with van der Waals surface area (Å²) in [5.41, 5.74) is 2.26. The Morgan fingerprint density at radius 2 is 2.00 bits per heavy atom. The number of nitrogens with zero attached hydrogens (tertiary/aromatic N) is 1. The van der Waals surface area contributed by atoms with E-state index in [4.69, 9.17) is 4.74 Å². The number of nitrogens with one attached hydrogen (secondary N) is 1. The maximum absolute atomic E-state index is 5.91. The van der Waals surface area contributed by atoms with E-state index in [1.807, 2.05) is 13.0 Å². The minimum absolute atomic E-state index is 0.214. The summed E-state index contributed by atoms with van der Waals surface area (Å²) in [6.45, 7) is 12.6. The molecule has 0 aromatic carbocycles. The van der Waals surface area contributed by atoms with Gasteiger partial charge < -0.3 is 10.1 Å². The van der Waals surface area contributed by atoms with E-state index in [9.17, 15) is 0 Å². The Kier molecular flexibility index (Phi) is 6.85. The van der Waals surface area contributed by atoms with Gasteiger partial charge in [-0.05, 0) is 50.8 Å². The average molecular weight is 264 g/mol. The van der Waals surface area contributed by atoms with Gasteiger partial charge in [0.15, 0.2) is 0 Å². The highest BCUT2D eigenvalue weighted by atomic mass is 16.5. The molecule has 1 heterocycles. The van der Waals surface area contributed by atoms with E-state index >= 15 is 0 Å². The van der Waals surface area contributed by atoms with Crippen molar-refractivity contribution in [1.29, 1.82) is 0 Å². The third-order valence-electron chi connectivity index (χ3n) is 2.87. The fourth-order valence-electron chi connectivity index (χ4n) is 2.20. The predicted octanol–water partition coefficient (Wildman–Crippen LogP) is 3.70. The normalized spacial score (nSPS) is 12.7. The quantitative estimate of drug-likeness (QED) is 0.727. The van der Waals surface area contributed by atoms with E-state index in [1.54, 1.807) is 0 Å². The first kappa shape index (κ1) is 16.0. The van der Waals surface area contributed by atoms with Crippen LogP contribution in [-0.4, -0.2) is 17.6 Å². The fraction of sp³-hybridized carbons (Fsp3) is 0.688. The summed E-state index contributed by atoms with van der Waals surface area (Å²) in [6, 6.07) is 4.16.